The molecule has 0 aromatic carbocycles. The van der Waals surface area contributed by atoms with Crippen LogP contribution in [0.5, 0.6) is 0 Å². The van der Waals surface area contributed by atoms with Crippen LogP contribution >= 0.6 is 0 Å². The summed E-state index contributed by atoms with van der Waals surface area (Å²) in [5.74, 6) is -0.532. The maximum atomic E-state index is 11.2. The van der Waals surface area contributed by atoms with Crippen molar-refractivity contribution >= 4 is 11.9 Å². The fraction of sp³-hybridized carbons (Fsp3) is 0.600. The van der Waals surface area contributed by atoms with Crippen molar-refractivity contribution in [2.24, 2.45) is 11.3 Å². The van der Waals surface area contributed by atoms with Crippen LogP contribution in [0.1, 0.15) is 32.6 Å². The fourth-order valence-electron chi connectivity index (χ4n) is 2.50. The van der Waals surface area contributed by atoms with Gasteiger partial charge in [-0.3, -0.25) is 0 Å². The molecule has 1 aliphatic rings. The van der Waals surface area contributed by atoms with Crippen LogP contribution in [0.2, 0.25) is 0 Å². The Bertz CT molecular complexity index is 335. The lowest BCUT2D eigenvalue weighted by Crippen LogP contribution is -2.42. The van der Waals surface area contributed by atoms with E-state index in [4.69, 9.17) is 9.47 Å². The van der Waals surface area contributed by atoms with Crippen LogP contribution in [0.3, 0.4) is 0 Å². The van der Waals surface area contributed by atoms with Crippen molar-refractivity contribution < 1.29 is 19.1 Å². The molecule has 1 atom stereocenters. The third kappa shape index (κ3) is 4.23. The number of rotatable bonds is 6. The molecule has 1 fully saturated rings. The van der Waals surface area contributed by atoms with E-state index in [9.17, 15) is 9.59 Å². The predicted octanol–water partition coefficient (Wildman–Crippen LogP) is 2.64. The molecule has 0 spiro atoms. The second-order valence-corrected chi connectivity index (χ2v) is 5.13. The Hall–Kier alpha value is -1.58. The van der Waals surface area contributed by atoms with Crippen molar-refractivity contribution in [2.45, 2.75) is 32.6 Å². The predicted molar refractivity (Wildman–Crippen MR) is 72.4 cm³/mol. The van der Waals surface area contributed by atoms with E-state index in [1.807, 2.05) is 0 Å². The summed E-state index contributed by atoms with van der Waals surface area (Å²) in [5.41, 5.74) is -0.282. The molecule has 106 valence electrons. The van der Waals surface area contributed by atoms with Gasteiger partial charge in [0.25, 0.3) is 0 Å². The van der Waals surface area contributed by atoms with Crippen molar-refractivity contribution in [3.8, 4) is 0 Å². The fourth-order valence-corrected chi connectivity index (χ4v) is 2.50. The van der Waals surface area contributed by atoms with Crippen molar-refractivity contribution in [1.82, 2.24) is 0 Å². The van der Waals surface area contributed by atoms with Gasteiger partial charge in [-0.2, -0.15) is 0 Å². The smallest absolute Gasteiger partial charge is 0.330 e. The maximum absolute atomic E-state index is 11.2. The quantitative estimate of drug-likeness (QED) is 0.548. The van der Waals surface area contributed by atoms with E-state index in [0.29, 0.717) is 5.92 Å². The molecule has 0 aliphatic heterocycles. The lowest BCUT2D eigenvalue weighted by molar-refractivity contribution is -0.153. The van der Waals surface area contributed by atoms with Gasteiger partial charge in [0, 0.05) is 17.6 Å². The van der Waals surface area contributed by atoms with Crippen molar-refractivity contribution in [1.29, 1.82) is 0 Å². The maximum Gasteiger partial charge on any atom is 0.330 e. The summed E-state index contributed by atoms with van der Waals surface area (Å²) in [7, 11) is 0. The third-order valence-corrected chi connectivity index (χ3v) is 3.94. The van der Waals surface area contributed by atoms with Gasteiger partial charge in [-0.15, -0.1) is 0 Å². The van der Waals surface area contributed by atoms with Crippen LogP contribution in [-0.4, -0.2) is 25.2 Å². The van der Waals surface area contributed by atoms with E-state index >= 15 is 0 Å². The summed E-state index contributed by atoms with van der Waals surface area (Å²) in [6.45, 7) is 9.41. The van der Waals surface area contributed by atoms with Gasteiger partial charge < -0.3 is 9.47 Å². The monoisotopic (exact) mass is 266 g/mol. The van der Waals surface area contributed by atoms with Crippen LogP contribution in [0.4, 0.5) is 0 Å². The van der Waals surface area contributed by atoms with Crippen LogP contribution in [0.25, 0.3) is 0 Å². The summed E-state index contributed by atoms with van der Waals surface area (Å²) < 4.78 is 10.4. The molecule has 0 aromatic rings. The van der Waals surface area contributed by atoms with Crippen molar-refractivity contribution in [3.63, 3.8) is 0 Å². The van der Waals surface area contributed by atoms with Gasteiger partial charge in [0.15, 0.2) is 0 Å². The molecule has 4 nitrogen and oxygen atoms in total. The average molecular weight is 266 g/mol. The number of carbonyl (C=O) groups is 2. The van der Waals surface area contributed by atoms with Gasteiger partial charge in [0.05, 0.1) is 0 Å². The second-order valence-electron chi connectivity index (χ2n) is 5.13. The Morgan fingerprint density at radius 3 is 2.11 bits per heavy atom. The first-order chi connectivity index (χ1) is 9.04. The molecule has 1 rings (SSSR count). The van der Waals surface area contributed by atoms with E-state index in [1.165, 1.54) is 0 Å². The van der Waals surface area contributed by atoms with E-state index in [1.54, 1.807) is 0 Å². The Labute approximate surface area is 114 Å². The molecule has 0 radical (unpaired) electrons. The SMILES string of the molecule is C=CC(=O)OCC1(COC(=O)C=C)CCCCC1C. The summed E-state index contributed by atoms with van der Waals surface area (Å²) in [4.78, 5) is 22.5. The number of hydrogen-bond donors (Lipinski definition) is 0. The number of hydrogen-bond acceptors (Lipinski definition) is 4. The van der Waals surface area contributed by atoms with Gasteiger partial charge in [0.1, 0.15) is 13.2 Å². The van der Waals surface area contributed by atoms with E-state index in [0.717, 1.165) is 37.8 Å². The highest BCUT2D eigenvalue weighted by Crippen LogP contribution is 2.41. The number of carbonyl (C=O) groups excluding carboxylic acids is 2. The summed E-state index contributed by atoms with van der Waals surface area (Å²) in [6.07, 6.45) is 6.46. The van der Waals surface area contributed by atoms with E-state index in [2.05, 4.69) is 20.1 Å². The molecule has 4 heteroatoms. The summed E-state index contributed by atoms with van der Waals surface area (Å²) in [5, 5.41) is 0. The Kier molecular flexibility index (Phi) is 5.80. The van der Waals surface area contributed by atoms with Crippen LogP contribution in [-0.2, 0) is 19.1 Å². The standard InChI is InChI=1S/C15H22O4/c1-4-13(16)18-10-15(11-19-14(17)5-2)9-7-6-8-12(15)3/h4-5,12H,1-2,6-11H2,3H3. The topological polar surface area (TPSA) is 52.6 Å². The summed E-state index contributed by atoms with van der Waals surface area (Å²) in [6, 6.07) is 0. The Morgan fingerprint density at radius 1 is 1.16 bits per heavy atom. The van der Waals surface area contributed by atoms with Crippen LogP contribution in [0.15, 0.2) is 25.3 Å². The highest BCUT2D eigenvalue weighted by molar-refractivity contribution is 5.81. The first-order valence-electron chi connectivity index (χ1n) is 6.62. The first kappa shape index (κ1) is 15.5. The van der Waals surface area contributed by atoms with Crippen LogP contribution in [0, 0.1) is 11.3 Å². The second kappa shape index (κ2) is 7.12. The summed E-state index contributed by atoms with van der Waals surface area (Å²) >= 11 is 0. The van der Waals surface area contributed by atoms with Gasteiger partial charge in [-0.1, -0.05) is 32.9 Å². The largest absolute Gasteiger partial charge is 0.462 e. The Balaban J connectivity index is 2.70. The van der Waals surface area contributed by atoms with Gasteiger partial charge in [-0.25, -0.2) is 9.59 Å². The molecule has 0 aromatic heterocycles. The molecule has 1 saturated carbocycles. The highest BCUT2D eigenvalue weighted by atomic mass is 16.5. The van der Waals surface area contributed by atoms with Crippen LogP contribution < -0.4 is 0 Å². The minimum Gasteiger partial charge on any atom is -0.462 e. The minimum absolute atomic E-state index is 0.267. The molecular weight excluding hydrogens is 244 g/mol. The molecule has 0 heterocycles. The third-order valence-electron chi connectivity index (χ3n) is 3.94. The van der Waals surface area contributed by atoms with Gasteiger partial charge in [-0.05, 0) is 18.8 Å². The zero-order valence-corrected chi connectivity index (χ0v) is 11.5. The molecule has 1 aliphatic carbocycles. The lowest BCUT2D eigenvalue weighted by Gasteiger charge is -2.41. The van der Waals surface area contributed by atoms with Crippen molar-refractivity contribution in [2.75, 3.05) is 13.2 Å². The molecule has 0 saturated heterocycles. The molecule has 0 amide bonds. The zero-order valence-electron chi connectivity index (χ0n) is 11.5. The van der Waals surface area contributed by atoms with E-state index < -0.39 is 11.9 Å². The normalized spacial score (nSPS) is 21.2. The molecule has 0 N–H and O–H groups in total. The Morgan fingerprint density at radius 2 is 1.68 bits per heavy atom. The molecule has 0 bridgehead atoms. The lowest BCUT2D eigenvalue weighted by atomic mass is 9.68. The number of esters is 2. The molecular formula is C15H22O4. The van der Waals surface area contributed by atoms with Gasteiger partial charge >= 0.3 is 11.9 Å². The van der Waals surface area contributed by atoms with E-state index in [-0.39, 0.29) is 18.6 Å². The zero-order chi connectivity index (χ0) is 14.3. The molecule has 1 unspecified atom stereocenters. The molecule has 19 heavy (non-hydrogen) atoms. The minimum atomic E-state index is -0.438. The van der Waals surface area contributed by atoms with Crippen molar-refractivity contribution in [3.05, 3.63) is 25.3 Å². The average Bonchev–Trinajstić information content (AvgIpc) is 2.44. The number of ether oxygens (including phenoxy) is 2. The highest BCUT2D eigenvalue weighted by Gasteiger charge is 2.40. The first-order valence-corrected chi connectivity index (χ1v) is 6.62. The van der Waals surface area contributed by atoms with Gasteiger partial charge in [0.2, 0.25) is 0 Å².